The monoisotopic (exact) mass is 523 g/mol. The van der Waals surface area contributed by atoms with E-state index in [-0.39, 0.29) is 6.42 Å². The van der Waals surface area contributed by atoms with Crippen molar-refractivity contribution < 1.29 is 18.7 Å². The van der Waals surface area contributed by atoms with Crippen LogP contribution in [0.15, 0.2) is 72.8 Å². The maximum atomic E-state index is 13.7. The molecule has 0 atom stereocenters. The van der Waals surface area contributed by atoms with Gasteiger partial charge in [-0.2, -0.15) is 0 Å². The number of carboxylic acids is 1. The summed E-state index contributed by atoms with van der Waals surface area (Å²) in [7, 11) is 0. The quantitative estimate of drug-likeness (QED) is 0.264. The highest BCUT2D eigenvalue weighted by molar-refractivity contribution is 5.86. The lowest BCUT2D eigenvalue weighted by Gasteiger charge is -2.27. The topological polar surface area (TPSA) is 58.4 Å². The number of halogens is 2. The fraction of sp³-hybridized carbons (Fsp3) is 0.188. The molecule has 0 bridgehead atoms. The number of rotatable bonds is 7. The highest BCUT2D eigenvalue weighted by Crippen LogP contribution is 2.32. The SMILES string of the molecule is O=C(O)CCN1CCc2c(c3ccccc3n2Cc2cccc(/C=C/c3ccc4cc(F)c(F)cc4n3)c2)C1. The van der Waals surface area contributed by atoms with Crippen LogP contribution in [-0.2, 0) is 24.3 Å². The average Bonchev–Trinajstić information content (AvgIpc) is 3.24. The number of carbonyl (C=O) groups is 1. The van der Waals surface area contributed by atoms with Crippen molar-refractivity contribution >= 4 is 39.9 Å². The number of benzene rings is 3. The third-order valence-corrected chi connectivity index (χ3v) is 7.37. The fourth-order valence-electron chi connectivity index (χ4n) is 5.47. The smallest absolute Gasteiger partial charge is 0.304 e. The largest absolute Gasteiger partial charge is 0.481 e. The first-order chi connectivity index (χ1) is 18.9. The van der Waals surface area contributed by atoms with Gasteiger partial charge < -0.3 is 9.67 Å². The van der Waals surface area contributed by atoms with Crippen molar-refractivity contribution in [2.24, 2.45) is 0 Å². The number of para-hydroxylation sites is 1. The van der Waals surface area contributed by atoms with Gasteiger partial charge in [-0.15, -0.1) is 0 Å². The summed E-state index contributed by atoms with van der Waals surface area (Å²) in [5.74, 6) is -2.55. The van der Waals surface area contributed by atoms with Gasteiger partial charge in [0.05, 0.1) is 17.6 Å². The Morgan fingerprint density at radius 2 is 1.82 bits per heavy atom. The van der Waals surface area contributed by atoms with E-state index in [1.807, 2.05) is 24.3 Å². The maximum absolute atomic E-state index is 13.7. The van der Waals surface area contributed by atoms with E-state index in [1.54, 1.807) is 12.1 Å². The van der Waals surface area contributed by atoms with Crippen LogP contribution in [0.5, 0.6) is 0 Å². The summed E-state index contributed by atoms with van der Waals surface area (Å²) in [6, 6.07) is 22.6. The van der Waals surface area contributed by atoms with Crippen molar-refractivity contribution in [1.29, 1.82) is 0 Å². The molecule has 5 nitrogen and oxygen atoms in total. The van der Waals surface area contributed by atoms with Crippen molar-refractivity contribution in [3.8, 4) is 0 Å². The lowest BCUT2D eigenvalue weighted by atomic mass is 10.0. The van der Waals surface area contributed by atoms with Gasteiger partial charge in [0.25, 0.3) is 0 Å². The molecule has 0 aliphatic carbocycles. The first-order valence-corrected chi connectivity index (χ1v) is 13.0. The highest BCUT2D eigenvalue weighted by atomic mass is 19.2. The van der Waals surface area contributed by atoms with Crippen LogP contribution in [0.4, 0.5) is 8.78 Å². The molecule has 0 saturated heterocycles. The predicted octanol–water partition coefficient (Wildman–Crippen LogP) is 6.52. The van der Waals surface area contributed by atoms with Gasteiger partial charge in [0.1, 0.15) is 0 Å². The Hall–Kier alpha value is -4.36. The van der Waals surface area contributed by atoms with Crippen molar-refractivity contribution in [1.82, 2.24) is 14.5 Å². The van der Waals surface area contributed by atoms with Crippen molar-refractivity contribution in [3.05, 3.63) is 113 Å². The second kappa shape index (κ2) is 10.4. The molecule has 1 aliphatic rings. The normalized spacial score (nSPS) is 13.9. The Balaban J connectivity index is 1.26. The van der Waals surface area contributed by atoms with Crippen LogP contribution in [0.1, 0.15) is 34.5 Å². The van der Waals surface area contributed by atoms with Gasteiger partial charge in [-0.3, -0.25) is 9.69 Å². The standard InChI is InChI=1S/C32H27F2N3O2/c33-27-17-23-9-11-24(35-29(23)18-28(27)34)10-8-21-4-3-5-22(16-21)19-37-30-7-2-1-6-25(30)26-20-36(14-12-31(26)37)15-13-32(38)39/h1-11,16-18H,12-15,19-20H2,(H,38,39)/b10-8+. The summed E-state index contributed by atoms with van der Waals surface area (Å²) < 4.78 is 29.6. The molecule has 0 spiro atoms. The molecular formula is C32H27F2N3O2. The number of hydrogen-bond acceptors (Lipinski definition) is 3. The molecule has 0 fully saturated rings. The van der Waals surface area contributed by atoms with Crippen LogP contribution in [0.3, 0.4) is 0 Å². The van der Waals surface area contributed by atoms with E-state index in [0.29, 0.717) is 23.1 Å². The Morgan fingerprint density at radius 3 is 2.69 bits per heavy atom. The van der Waals surface area contributed by atoms with Crippen LogP contribution in [-0.4, -0.2) is 38.6 Å². The maximum Gasteiger partial charge on any atom is 0.304 e. The molecule has 2 aromatic heterocycles. The zero-order valence-electron chi connectivity index (χ0n) is 21.3. The van der Waals surface area contributed by atoms with Crippen LogP contribution >= 0.6 is 0 Å². The molecule has 1 aliphatic heterocycles. The predicted molar refractivity (Wildman–Crippen MR) is 149 cm³/mol. The number of fused-ring (bicyclic) bond motifs is 4. The first-order valence-electron chi connectivity index (χ1n) is 13.0. The van der Waals surface area contributed by atoms with E-state index in [4.69, 9.17) is 5.11 Å². The van der Waals surface area contributed by atoms with Crippen molar-refractivity contribution in [2.45, 2.75) is 25.9 Å². The third kappa shape index (κ3) is 5.18. The summed E-state index contributed by atoms with van der Waals surface area (Å²) in [6.45, 7) is 2.88. The zero-order valence-corrected chi connectivity index (χ0v) is 21.3. The molecule has 7 heteroatoms. The first kappa shape index (κ1) is 24.9. The second-order valence-electron chi connectivity index (χ2n) is 9.97. The van der Waals surface area contributed by atoms with Gasteiger partial charge in [0.15, 0.2) is 11.6 Å². The van der Waals surface area contributed by atoms with Gasteiger partial charge in [0.2, 0.25) is 0 Å². The van der Waals surface area contributed by atoms with Gasteiger partial charge >= 0.3 is 5.97 Å². The van der Waals surface area contributed by atoms with Gasteiger partial charge in [-0.25, -0.2) is 13.8 Å². The minimum Gasteiger partial charge on any atom is -0.481 e. The van der Waals surface area contributed by atoms with Gasteiger partial charge in [0, 0.05) is 60.6 Å². The van der Waals surface area contributed by atoms with E-state index >= 15 is 0 Å². The molecule has 0 radical (unpaired) electrons. The summed E-state index contributed by atoms with van der Waals surface area (Å²) in [6.07, 6.45) is 4.87. The van der Waals surface area contributed by atoms with Crippen LogP contribution in [0.25, 0.3) is 34.0 Å². The molecule has 3 aromatic carbocycles. The molecular weight excluding hydrogens is 496 g/mol. The zero-order chi connectivity index (χ0) is 26.9. The molecule has 196 valence electrons. The molecule has 3 heterocycles. The Morgan fingerprint density at radius 1 is 0.974 bits per heavy atom. The summed E-state index contributed by atoms with van der Waals surface area (Å²) in [4.78, 5) is 17.8. The van der Waals surface area contributed by atoms with Crippen LogP contribution < -0.4 is 0 Å². The van der Waals surface area contributed by atoms with Crippen LogP contribution in [0, 0.1) is 11.6 Å². The van der Waals surface area contributed by atoms with E-state index < -0.39 is 17.6 Å². The third-order valence-electron chi connectivity index (χ3n) is 7.37. The lowest BCUT2D eigenvalue weighted by Crippen LogP contribution is -2.32. The van der Waals surface area contributed by atoms with Crippen molar-refractivity contribution in [2.75, 3.05) is 13.1 Å². The minimum atomic E-state index is -0.906. The second-order valence-corrected chi connectivity index (χ2v) is 9.97. The fourth-order valence-corrected chi connectivity index (χ4v) is 5.47. The highest BCUT2D eigenvalue weighted by Gasteiger charge is 2.24. The number of aliphatic carboxylic acids is 1. The molecule has 0 saturated carbocycles. The van der Waals surface area contributed by atoms with Gasteiger partial charge in [-0.05, 0) is 47.0 Å². The number of nitrogens with zero attached hydrogens (tertiary/aromatic N) is 3. The lowest BCUT2D eigenvalue weighted by molar-refractivity contribution is -0.137. The number of aromatic nitrogens is 2. The summed E-state index contributed by atoms with van der Waals surface area (Å²) >= 11 is 0. The summed E-state index contributed by atoms with van der Waals surface area (Å²) in [5, 5.41) is 10.9. The van der Waals surface area contributed by atoms with Crippen molar-refractivity contribution in [3.63, 3.8) is 0 Å². The number of carboxylic acid groups (broad SMARTS) is 1. The minimum absolute atomic E-state index is 0.151. The van der Waals surface area contributed by atoms with E-state index in [1.165, 1.54) is 22.2 Å². The average molecular weight is 524 g/mol. The van der Waals surface area contributed by atoms with Gasteiger partial charge in [-0.1, -0.05) is 48.5 Å². The molecule has 5 aromatic rings. The molecule has 0 unspecified atom stereocenters. The van der Waals surface area contributed by atoms with E-state index in [9.17, 15) is 13.6 Å². The Bertz CT molecular complexity index is 1740. The molecule has 0 amide bonds. The number of pyridine rings is 1. The molecule has 6 rings (SSSR count). The van der Waals surface area contributed by atoms with E-state index in [2.05, 4.69) is 50.8 Å². The number of hydrogen-bond donors (Lipinski definition) is 1. The Kier molecular flexibility index (Phi) is 6.67. The molecule has 1 N–H and O–H groups in total. The molecule has 39 heavy (non-hydrogen) atoms. The Labute approximate surface area is 224 Å². The van der Waals surface area contributed by atoms with E-state index in [0.717, 1.165) is 49.3 Å². The van der Waals surface area contributed by atoms with Crippen LogP contribution in [0.2, 0.25) is 0 Å². The summed E-state index contributed by atoms with van der Waals surface area (Å²) in [5.41, 5.74) is 7.05.